The van der Waals surface area contributed by atoms with E-state index >= 15 is 0 Å². The van der Waals surface area contributed by atoms with Gasteiger partial charge in [-0.2, -0.15) is 0 Å². The van der Waals surface area contributed by atoms with Crippen LogP contribution in [0, 0.1) is 5.82 Å². The zero-order valence-electron chi connectivity index (χ0n) is 11.7. The van der Waals surface area contributed by atoms with Gasteiger partial charge >= 0.3 is 0 Å². The van der Waals surface area contributed by atoms with Crippen molar-refractivity contribution < 1.29 is 4.39 Å². The van der Waals surface area contributed by atoms with Gasteiger partial charge in [-0.25, -0.2) is 4.39 Å². The van der Waals surface area contributed by atoms with Crippen molar-refractivity contribution in [2.24, 2.45) is 0 Å². The molecule has 3 aromatic rings. The number of hydrogen-bond acceptors (Lipinski definition) is 2. The predicted molar refractivity (Wildman–Crippen MR) is 83.6 cm³/mol. The predicted octanol–water partition coefficient (Wildman–Crippen LogP) is 3.71. The Labute approximate surface area is 123 Å². The summed E-state index contributed by atoms with van der Waals surface area (Å²) in [7, 11) is 0. The van der Waals surface area contributed by atoms with E-state index in [1.807, 2.05) is 30.6 Å². The number of hydrogen-bond donors (Lipinski definition) is 1. The Hall–Kier alpha value is -2.26. The highest BCUT2D eigenvalue weighted by Crippen LogP contribution is 2.17. The van der Waals surface area contributed by atoms with Gasteiger partial charge in [0.15, 0.2) is 0 Å². The molecular weight excluding hydrogens is 263 g/mol. The van der Waals surface area contributed by atoms with Gasteiger partial charge in [0.25, 0.3) is 0 Å². The van der Waals surface area contributed by atoms with Gasteiger partial charge in [-0.3, -0.25) is 4.98 Å². The van der Waals surface area contributed by atoms with Gasteiger partial charge < -0.3 is 5.32 Å². The third-order valence-corrected chi connectivity index (χ3v) is 3.57. The molecule has 0 aliphatic carbocycles. The Balaban J connectivity index is 1.60. The van der Waals surface area contributed by atoms with Gasteiger partial charge in [-0.1, -0.05) is 30.3 Å². The monoisotopic (exact) mass is 280 g/mol. The zero-order chi connectivity index (χ0) is 14.5. The fourth-order valence-corrected chi connectivity index (χ4v) is 2.49. The Morgan fingerprint density at radius 1 is 1.05 bits per heavy atom. The summed E-state index contributed by atoms with van der Waals surface area (Å²) in [5.41, 5.74) is 2.28. The number of nitrogens with zero attached hydrogens (tertiary/aromatic N) is 1. The van der Waals surface area contributed by atoms with Crippen LogP contribution in [-0.4, -0.2) is 11.5 Å². The van der Waals surface area contributed by atoms with E-state index in [4.69, 9.17) is 0 Å². The van der Waals surface area contributed by atoms with E-state index in [9.17, 15) is 4.39 Å². The molecular formula is C18H17FN2. The molecule has 0 spiro atoms. The van der Waals surface area contributed by atoms with Crippen LogP contribution in [0.3, 0.4) is 0 Å². The minimum absolute atomic E-state index is 0.172. The normalized spacial score (nSPS) is 10.9. The van der Waals surface area contributed by atoms with Gasteiger partial charge in [0, 0.05) is 24.3 Å². The van der Waals surface area contributed by atoms with Crippen LogP contribution >= 0.6 is 0 Å². The molecule has 2 aromatic carbocycles. The summed E-state index contributed by atoms with van der Waals surface area (Å²) in [5.74, 6) is -0.172. The summed E-state index contributed by atoms with van der Waals surface area (Å²) in [6, 6.07) is 15.0. The lowest BCUT2D eigenvalue weighted by Crippen LogP contribution is -2.16. The van der Waals surface area contributed by atoms with Crippen molar-refractivity contribution in [1.82, 2.24) is 10.3 Å². The Kier molecular flexibility index (Phi) is 4.22. The molecule has 0 unspecified atom stereocenters. The highest BCUT2D eigenvalue weighted by atomic mass is 19.1. The summed E-state index contributed by atoms with van der Waals surface area (Å²) in [6.07, 6.45) is 4.52. The van der Waals surface area contributed by atoms with Crippen molar-refractivity contribution >= 4 is 10.8 Å². The maximum absolute atomic E-state index is 13.1. The number of benzene rings is 2. The lowest BCUT2D eigenvalue weighted by atomic mass is 10.1. The lowest BCUT2D eigenvalue weighted by molar-refractivity contribution is 0.622. The molecule has 1 aromatic heterocycles. The number of halogens is 1. The lowest BCUT2D eigenvalue weighted by Gasteiger charge is -2.08. The number of rotatable bonds is 5. The molecule has 106 valence electrons. The average molecular weight is 280 g/mol. The van der Waals surface area contributed by atoms with Gasteiger partial charge in [0.2, 0.25) is 0 Å². The van der Waals surface area contributed by atoms with Crippen molar-refractivity contribution in [1.29, 1.82) is 0 Å². The second-order valence-corrected chi connectivity index (χ2v) is 5.07. The highest BCUT2D eigenvalue weighted by molar-refractivity contribution is 5.84. The highest BCUT2D eigenvalue weighted by Gasteiger charge is 2.00. The molecule has 3 heteroatoms. The van der Waals surface area contributed by atoms with Crippen LogP contribution in [0.15, 0.2) is 60.9 Å². The Morgan fingerprint density at radius 3 is 2.86 bits per heavy atom. The van der Waals surface area contributed by atoms with Gasteiger partial charge in [0.1, 0.15) is 5.82 Å². The molecule has 1 heterocycles. The van der Waals surface area contributed by atoms with E-state index in [2.05, 4.69) is 22.4 Å². The topological polar surface area (TPSA) is 24.9 Å². The van der Waals surface area contributed by atoms with Crippen molar-refractivity contribution in [3.05, 3.63) is 77.9 Å². The van der Waals surface area contributed by atoms with E-state index in [1.165, 1.54) is 17.0 Å². The maximum Gasteiger partial charge on any atom is 0.123 e. The number of aromatic nitrogens is 1. The second-order valence-electron chi connectivity index (χ2n) is 5.07. The minimum Gasteiger partial charge on any atom is -0.312 e. The Bertz CT molecular complexity index is 735. The number of pyridine rings is 1. The van der Waals surface area contributed by atoms with Crippen LogP contribution in [0.25, 0.3) is 10.8 Å². The van der Waals surface area contributed by atoms with E-state index in [0.29, 0.717) is 0 Å². The molecule has 0 atom stereocenters. The fraction of sp³-hybridized carbons (Fsp3) is 0.167. The molecule has 0 bridgehead atoms. The van der Waals surface area contributed by atoms with E-state index < -0.39 is 0 Å². The summed E-state index contributed by atoms with van der Waals surface area (Å²) >= 11 is 0. The average Bonchev–Trinajstić information content (AvgIpc) is 2.52. The molecule has 0 aliphatic rings. The fourth-order valence-electron chi connectivity index (χ4n) is 2.49. The smallest absolute Gasteiger partial charge is 0.123 e. The largest absolute Gasteiger partial charge is 0.312 e. The van der Waals surface area contributed by atoms with Crippen molar-refractivity contribution in [3.63, 3.8) is 0 Å². The molecule has 0 saturated heterocycles. The van der Waals surface area contributed by atoms with Crippen LogP contribution < -0.4 is 5.32 Å². The minimum atomic E-state index is -0.172. The van der Waals surface area contributed by atoms with Crippen LogP contribution in [0.2, 0.25) is 0 Å². The first kappa shape index (κ1) is 13.7. The Morgan fingerprint density at radius 2 is 1.95 bits per heavy atom. The summed E-state index contributed by atoms with van der Waals surface area (Å²) in [6.45, 7) is 1.63. The van der Waals surface area contributed by atoms with E-state index in [1.54, 1.807) is 12.1 Å². The van der Waals surface area contributed by atoms with E-state index in [-0.39, 0.29) is 5.82 Å². The maximum atomic E-state index is 13.1. The standard InChI is InChI=1S/C18H17FN2/c19-17-6-1-3-14(11-17)7-9-20-12-15-4-2-5-16-13-21-10-8-18(15)16/h1-6,8,10-11,13,20H,7,9,12H2. The molecule has 2 nitrogen and oxygen atoms in total. The van der Waals surface area contributed by atoms with Gasteiger partial charge in [-0.15, -0.1) is 0 Å². The number of nitrogens with one attached hydrogen (secondary N) is 1. The molecule has 0 aliphatic heterocycles. The third-order valence-electron chi connectivity index (χ3n) is 3.57. The van der Waals surface area contributed by atoms with E-state index in [0.717, 1.165) is 30.5 Å². The molecule has 1 N–H and O–H groups in total. The second kappa shape index (κ2) is 6.46. The molecule has 21 heavy (non-hydrogen) atoms. The molecule has 0 fully saturated rings. The van der Waals surface area contributed by atoms with Crippen LogP contribution in [0.4, 0.5) is 4.39 Å². The van der Waals surface area contributed by atoms with Crippen molar-refractivity contribution in [3.8, 4) is 0 Å². The SMILES string of the molecule is Fc1cccc(CCNCc2cccc3cnccc23)c1. The van der Waals surface area contributed by atoms with Crippen LogP contribution in [0.5, 0.6) is 0 Å². The first-order chi connectivity index (χ1) is 10.3. The first-order valence-electron chi connectivity index (χ1n) is 7.10. The van der Waals surface area contributed by atoms with Crippen molar-refractivity contribution in [2.75, 3.05) is 6.54 Å². The quantitative estimate of drug-likeness (QED) is 0.721. The zero-order valence-corrected chi connectivity index (χ0v) is 11.7. The third kappa shape index (κ3) is 3.44. The van der Waals surface area contributed by atoms with Gasteiger partial charge in [-0.05, 0) is 47.7 Å². The van der Waals surface area contributed by atoms with Crippen molar-refractivity contribution in [2.45, 2.75) is 13.0 Å². The molecule has 0 amide bonds. The first-order valence-corrected chi connectivity index (χ1v) is 7.10. The summed E-state index contributed by atoms with van der Waals surface area (Å²) in [5, 5.41) is 5.80. The van der Waals surface area contributed by atoms with Gasteiger partial charge in [0.05, 0.1) is 0 Å². The molecule has 0 radical (unpaired) electrons. The summed E-state index contributed by atoms with van der Waals surface area (Å²) in [4.78, 5) is 4.14. The number of fused-ring (bicyclic) bond motifs is 1. The summed E-state index contributed by atoms with van der Waals surface area (Å²) < 4.78 is 13.1. The van der Waals surface area contributed by atoms with Crippen LogP contribution in [0.1, 0.15) is 11.1 Å². The molecule has 0 saturated carbocycles. The van der Waals surface area contributed by atoms with Crippen LogP contribution in [-0.2, 0) is 13.0 Å². The molecule has 3 rings (SSSR count).